The van der Waals surface area contributed by atoms with E-state index in [0.717, 1.165) is 30.5 Å². The first kappa shape index (κ1) is 12.5. The van der Waals surface area contributed by atoms with Crippen LogP contribution in [0.1, 0.15) is 37.4 Å². The van der Waals surface area contributed by atoms with Crippen molar-refractivity contribution in [3.8, 4) is 0 Å². The fourth-order valence-electron chi connectivity index (χ4n) is 3.47. The predicted octanol–water partition coefficient (Wildman–Crippen LogP) is 3.25. The highest BCUT2D eigenvalue weighted by molar-refractivity contribution is 6.30. The van der Waals surface area contributed by atoms with E-state index in [-0.39, 0.29) is 6.10 Å². The Labute approximate surface area is 114 Å². The Kier molecular flexibility index (Phi) is 3.60. The van der Waals surface area contributed by atoms with Crippen LogP contribution >= 0.6 is 11.6 Å². The number of hydrogen-bond acceptors (Lipinski definition) is 2. The number of aliphatic hydroxyl groups is 1. The van der Waals surface area contributed by atoms with Crippen molar-refractivity contribution in [3.63, 3.8) is 0 Å². The summed E-state index contributed by atoms with van der Waals surface area (Å²) in [6.07, 6.45) is 4.58. The molecule has 1 aliphatic carbocycles. The average Bonchev–Trinajstić information content (AvgIpc) is 2.98. The third kappa shape index (κ3) is 2.56. The number of aliphatic hydroxyl groups excluding tert-OH is 1. The lowest BCUT2D eigenvalue weighted by Gasteiger charge is -2.27. The molecule has 0 spiro atoms. The van der Waals surface area contributed by atoms with Crippen LogP contribution in [0.5, 0.6) is 0 Å². The molecule has 3 heteroatoms. The summed E-state index contributed by atoms with van der Waals surface area (Å²) in [4.78, 5) is 2.56. The molecule has 2 fully saturated rings. The van der Waals surface area contributed by atoms with Gasteiger partial charge < -0.3 is 5.11 Å². The Morgan fingerprint density at radius 2 is 2.28 bits per heavy atom. The number of hydrogen-bond donors (Lipinski definition) is 1. The molecular weight excluding hydrogens is 246 g/mol. The summed E-state index contributed by atoms with van der Waals surface area (Å²) in [5.41, 5.74) is 0.937. The van der Waals surface area contributed by atoms with Crippen LogP contribution in [0, 0.1) is 5.92 Å². The number of likely N-dealkylation sites (tertiary alicyclic amines) is 1. The van der Waals surface area contributed by atoms with Crippen LogP contribution in [0.25, 0.3) is 0 Å². The number of fused-ring (bicyclic) bond motifs is 2. The summed E-state index contributed by atoms with van der Waals surface area (Å²) in [7, 11) is 0. The fraction of sp³-hybridized carbons (Fsp3) is 0.600. The third-order valence-corrected chi connectivity index (χ3v) is 4.68. The zero-order valence-electron chi connectivity index (χ0n) is 10.6. The Hall–Kier alpha value is -0.570. The summed E-state index contributed by atoms with van der Waals surface area (Å²) in [5, 5.41) is 10.9. The molecule has 3 unspecified atom stereocenters. The van der Waals surface area contributed by atoms with Gasteiger partial charge in [-0.15, -0.1) is 0 Å². The van der Waals surface area contributed by atoms with Crippen LogP contribution in [0.2, 0.25) is 5.02 Å². The van der Waals surface area contributed by atoms with Crippen molar-refractivity contribution in [2.45, 2.75) is 37.8 Å². The zero-order chi connectivity index (χ0) is 12.5. The minimum Gasteiger partial charge on any atom is -0.388 e. The molecule has 2 aliphatic rings. The maximum Gasteiger partial charge on any atom is 0.0802 e. The molecule has 1 aromatic carbocycles. The second kappa shape index (κ2) is 5.20. The molecule has 0 amide bonds. The van der Waals surface area contributed by atoms with Gasteiger partial charge in [0.15, 0.2) is 0 Å². The lowest BCUT2D eigenvalue weighted by Crippen LogP contribution is -2.33. The van der Waals surface area contributed by atoms with Crippen LogP contribution in [0.4, 0.5) is 0 Å². The van der Waals surface area contributed by atoms with Crippen LogP contribution in [-0.4, -0.2) is 29.1 Å². The lowest BCUT2D eigenvalue weighted by molar-refractivity contribution is 0.129. The van der Waals surface area contributed by atoms with E-state index < -0.39 is 0 Å². The number of rotatable bonds is 4. The first-order valence-electron chi connectivity index (χ1n) is 6.90. The van der Waals surface area contributed by atoms with Gasteiger partial charge in [0, 0.05) is 24.2 Å². The van der Waals surface area contributed by atoms with E-state index in [4.69, 9.17) is 11.6 Å². The second-order valence-corrected chi connectivity index (χ2v) is 6.12. The first-order valence-corrected chi connectivity index (χ1v) is 7.28. The van der Waals surface area contributed by atoms with Gasteiger partial charge >= 0.3 is 0 Å². The second-order valence-electron chi connectivity index (χ2n) is 5.69. The minimum atomic E-state index is -0.386. The van der Waals surface area contributed by atoms with E-state index in [2.05, 4.69) is 4.90 Å². The van der Waals surface area contributed by atoms with Gasteiger partial charge in [-0.2, -0.15) is 0 Å². The molecule has 2 nitrogen and oxygen atoms in total. The largest absolute Gasteiger partial charge is 0.388 e. The molecule has 98 valence electrons. The maximum absolute atomic E-state index is 10.2. The van der Waals surface area contributed by atoms with Gasteiger partial charge in [0.2, 0.25) is 0 Å². The van der Waals surface area contributed by atoms with Gasteiger partial charge in [-0.25, -0.2) is 0 Å². The number of benzene rings is 1. The Morgan fingerprint density at radius 1 is 1.39 bits per heavy atom. The van der Waals surface area contributed by atoms with Crippen LogP contribution in [0.3, 0.4) is 0 Å². The topological polar surface area (TPSA) is 23.5 Å². The quantitative estimate of drug-likeness (QED) is 0.903. The Bertz CT molecular complexity index is 423. The molecular formula is C15H20ClNO. The van der Waals surface area contributed by atoms with E-state index in [1.165, 1.54) is 25.8 Å². The van der Waals surface area contributed by atoms with Crippen molar-refractivity contribution in [2.24, 2.45) is 5.92 Å². The standard InChI is InChI=1S/C15H20ClNO/c16-13-3-1-2-12(9-13)15(18)6-7-17-10-11-4-5-14(17)8-11/h1-3,9,11,14-15,18H,4-8,10H2. The van der Waals surface area contributed by atoms with Gasteiger partial charge in [0.05, 0.1) is 6.10 Å². The summed E-state index contributed by atoms with van der Waals surface area (Å²) in [6.45, 7) is 2.25. The third-order valence-electron chi connectivity index (χ3n) is 4.45. The van der Waals surface area contributed by atoms with E-state index in [1.54, 1.807) is 0 Å². The van der Waals surface area contributed by atoms with E-state index >= 15 is 0 Å². The summed E-state index contributed by atoms with van der Waals surface area (Å²) in [6, 6.07) is 8.35. The molecule has 0 radical (unpaired) electrons. The summed E-state index contributed by atoms with van der Waals surface area (Å²) >= 11 is 5.95. The maximum atomic E-state index is 10.2. The molecule has 0 aromatic heterocycles. The minimum absolute atomic E-state index is 0.386. The highest BCUT2D eigenvalue weighted by Gasteiger charge is 2.37. The van der Waals surface area contributed by atoms with Crippen molar-refractivity contribution in [1.82, 2.24) is 4.90 Å². The van der Waals surface area contributed by atoms with Crippen LogP contribution < -0.4 is 0 Å². The predicted molar refractivity (Wildman–Crippen MR) is 73.7 cm³/mol. The van der Waals surface area contributed by atoms with E-state index in [0.29, 0.717) is 5.02 Å². The molecule has 1 N–H and O–H groups in total. The van der Waals surface area contributed by atoms with Crippen molar-refractivity contribution >= 4 is 11.6 Å². The molecule has 1 aromatic rings. The zero-order valence-corrected chi connectivity index (χ0v) is 11.3. The summed E-state index contributed by atoms with van der Waals surface area (Å²) < 4.78 is 0. The van der Waals surface area contributed by atoms with Gasteiger partial charge in [-0.1, -0.05) is 23.7 Å². The molecule has 1 saturated heterocycles. The fourth-order valence-corrected chi connectivity index (χ4v) is 3.67. The molecule has 18 heavy (non-hydrogen) atoms. The lowest BCUT2D eigenvalue weighted by atomic mass is 10.1. The van der Waals surface area contributed by atoms with Gasteiger partial charge in [-0.05, 0) is 49.3 Å². The Balaban J connectivity index is 1.54. The molecule has 1 aliphatic heterocycles. The number of nitrogens with zero attached hydrogens (tertiary/aromatic N) is 1. The summed E-state index contributed by atoms with van der Waals surface area (Å²) in [5.74, 6) is 0.929. The monoisotopic (exact) mass is 265 g/mol. The van der Waals surface area contributed by atoms with Gasteiger partial charge in [0.25, 0.3) is 0 Å². The Morgan fingerprint density at radius 3 is 2.94 bits per heavy atom. The van der Waals surface area contributed by atoms with Crippen molar-refractivity contribution in [3.05, 3.63) is 34.9 Å². The molecule has 1 heterocycles. The highest BCUT2D eigenvalue weighted by atomic mass is 35.5. The van der Waals surface area contributed by atoms with Crippen LogP contribution in [-0.2, 0) is 0 Å². The van der Waals surface area contributed by atoms with Crippen molar-refractivity contribution < 1.29 is 5.11 Å². The van der Waals surface area contributed by atoms with Crippen molar-refractivity contribution in [2.75, 3.05) is 13.1 Å². The van der Waals surface area contributed by atoms with Crippen molar-refractivity contribution in [1.29, 1.82) is 0 Å². The van der Waals surface area contributed by atoms with E-state index in [1.807, 2.05) is 24.3 Å². The highest BCUT2D eigenvalue weighted by Crippen LogP contribution is 2.37. The smallest absolute Gasteiger partial charge is 0.0802 e. The number of halogens is 1. The van der Waals surface area contributed by atoms with Gasteiger partial charge in [-0.3, -0.25) is 4.90 Å². The number of piperidine rings is 1. The molecule has 2 bridgehead atoms. The van der Waals surface area contributed by atoms with Gasteiger partial charge in [0.1, 0.15) is 0 Å². The molecule has 3 atom stereocenters. The SMILES string of the molecule is OC(CCN1CC2CCC1C2)c1cccc(Cl)c1. The molecule has 1 saturated carbocycles. The van der Waals surface area contributed by atoms with E-state index in [9.17, 15) is 5.11 Å². The first-order chi connectivity index (χ1) is 8.72. The molecule has 3 rings (SSSR count). The average molecular weight is 266 g/mol. The van der Waals surface area contributed by atoms with Crippen LogP contribution in [0.15, 0.2) is 24.3 Å². The normalized spacial score (nSPS) is 28.8.